The number of benzene rings is 1. The summed E-state index contributed by atoms with van der Waals surface area (Å²) in [7, 11) is 1.73. The van der Waals surface area contributed by atoms with Crippen LogP contribution >= 0.6 is 0 Å². The Morgan fingerprint density at radius 2 is 2.30 bits per heavy atom. The summed E-state index contributed by atoms with van der Waals surface area (Å²) in [5, 5.41) is 7.32. The summed E-state index contributed by atoms with van der Waals surface area (Å²) in [5.74, 6) is -0.414. The van der Waals surface area contributed by atoms with Gasteiger partial charge in [-0.2, -0.15) is 0 Å². The monoisotopic (exact) mass is 279 g/mol. The fourth-order valence-corrected chi connectivity index (χ4v) is 2.69. The van der Waals surface area contributed by atoms with Crippen molar-refractivity contribution in [1.82, 2.24) is 4.90 Å². The van der Waals surface area contributed by atoms with Gasteiger partial charge in [-0.05, 0) is 32.4 Å². The van der Waals surface area contributed by atoms with E-state index in [1.165, 1.54) is 6.07 Å². The van der Waals surface area contributed by atoms with Gasteiger partial charge in [0.05, 0.1) is 5.60 Å². The third-order valence-corrected chi connectivity index (χ3v) is 3.99. The molecule has 1 aromatic carbocycles. The van der Waals surface area contributed by atoms with E-state index in [2.05, 4.69) is 11.8 Å². The summed E-state index contributed by atoms with van der Waals surface area (Å²) in [6, 6.07) is 4.74. The van der Waals surface area contributed by atoms with E-state index >= 15 is 0 Å². The van der Waals surface area contributed by atoms with Gasteiger partial charge in [-0.3, -0.25) is 10.3 Å². The predicted octanol–water partition coefficient (Wildman–Crippen LogP) is 2.11. The van der Waals surface area contributed by atoms with E-state index in [9.17, 15) is 4.39 Å². The second kappa shape index (κ2) is 5.89. The van der Waals surface area contributed by atoms with Crippen LogP contribution < -0.4 is 5.73 Å². The van der Waals surface area contributed by atoms with Gasteiger partial charge in [-0.1, -0.05) is 12.1 Å². The summed E-state index contributed by atoms with van der Waals surface area (Å²) in [4.78, 5) is 2.21. The van der Waals surface area contributed by atoms with Crippen LogP contribution in [-0.4, -0.2) is 36.5 Å². The minimum Gasteiger partial charge on any atom is -0.384 e. The average Bonchev–Trinajstić information content (AvgIpc) is 2.41. The molecule has 5 heteroatoms. The quantitative estimate of drug-likeness (QED) is 0.655. The molecule has 1 aromatic rings. The number of methoxy groups -OCH3 is 1. The molecule has 0 aliphatic carbocycles. The van der Waals surface area contributed by atoms with Crippen LogP contribution in [-0.2, 0) is 11.3 Å². The zero-order chi connectivity index (χ0) is 14.8. The molecule has 1 unspecified atom stereocenters. The maximum Gasteiger partial charge on any atom is 0.128 e. The number of likely N-dealkylation sites (tertiary alicyclic amines) is 1. The molecule has 3 N–H and O–H groups in total. The molecule has 1 aliphatic heterocycles. The molecular formula is C15H22FN3O. The summed E-state index contributed by atoms with van der Waals surface area (Å²) >= 11 is 0. The van der Waals surface area contributed by atoms with E-state index in [1.807, 2.05) is 0 Å². The van der Waals surface area contributed by atoms with Crippen molar-refractivity contribution >= 4 is 5.84 Å². The van der Waals surface area contributed by atoms with E-state index < -0.39 is 0 Å². The first-order chi connectivity index (χ1) is 9.43. The maximum atomic E-state index is 14.0. The van der Waals surface area contributed by atoms with Gasteiger partial charge in [0, 0.05) is 31.3 Å². The molecule has 0 aromatic heterocycles. The van der Waals surface area contributed by atoms with Crippen LogP contribution in [0.5, 0.6) is 0 Å². The smallest absolute Gasteiger partial charge is 0.128 e. The Morgan fingerprint density at radius 3 is 2.90 bits per heavy atom. The summed E-state index contributed by atoms with van der Waals surface area (Å²) in [6.45, 7) is 4.40. The van der Waals surface area contributed by atoms with Crippen LogP contribution in [0.2, 0.25) is 0 Å². The lowest BCUT2D eigenvalue weighted by atomic mass is 9.94. The zero-order valence-corrected chi connectivity index (χ0v) is 12.1. The summed E-state index contributed by atoms with van der Waals surface area (Å²) in [5.41, 5.74) is 6.27. The fraction of sp³-hybridized carbons (Fsp3) is 0.533. The van der Waals surface area contributed by atoms with E-state index in [4.69, 9.17) is 15.9 Å². The van der Waals surface area contributed by atoms with Crippen molar-refractivity contribution in [1.29, 1.82) is 5.41 Å². The molecule has 0 amide bonds. The van der Waals surface area contributed by atoms with E-state index in [0.717, 1.165) is 25.9 Å². The van der Waals surface area contributed by atoms with Crippen molar-refractivity contribution in [3.8, 4) is 0 Å². The average molecular weight is 279 g/mol. The third-order valence-electron chi connectivity index (χ3n) is 3.99. The normalized spacial score (nSPS) is 23.8. The van der Waals surface area contributed by atoms with Gasteiger partial charge in [0.25, 0.3) is 0 Å². The number of hydrogen-bond donors (Lipinski definition) is 2. The minimum atomic E-state index is -0.303. The van der Waals surface area contributed by atoms with Gasteiger partial charge < -0.3 is 10.5 Å². The Balaban J connectivity index is 2.08. The van der Waals surface area contributed by atoms with Crippen molar-refractivity contribution < 1.29 is 9.13 Å². The molecule has 20 heavy (non-hydrogen) atoms. The van der Waals surface area contributed by atoms with Crippen molar-refractivity contribution in [3.05, 3.63) is 35.1 Å². The maximum absolute atomic E-state index is 14.0. The number of rotatable bonds is 4. The Morgan fingerprint density at radius 1 is 1.55 bits per heavy atom. The van der Waals surface area contributed by atoms with Crippen molar-refractivity contribution in [2.75, 3.05) is 20.2 Å². The van der Waals surface area contributed by atoms with Crippen LogP contribution in [0.4, 0.5) is 4.39 Å². The number of nitrogens with zero attached hydrogens (tertiary/aromatic N) is 1. The topological polar surface area (TPSA) is 62.3 Å². The number of hydrogen-bond acceptors (Lipinski definition) is 3. The van der Waals surface area contributed by atoms with E-state index in [1.54, 1.807) is 19.2 Å². The van der Waals surface area contributed by atoms with Gasteiger partial charge in [0.1, 0.15) is 11.7 Å². The molecule has 0 spiro atoms. The zero-order valence-electron chi connectivity index (χ0n) is 12.1. The molecule has 4 nitrogen and oxygen atoms in total. The van der Waals surface area contributed by atoms with Gasteiger partial charge in [0.15, 0.2) is 0 Å². The van der Waals surface area contributed by atoms with Gasteiger partial charge in [-0.15, -0.1) is 0 Å². The second-order valence-corrected chi connectivity index (χ2v) is 5.69. The Kier molecular flexibility index (Phi) is 4.40. The van der Waals surface area contributed by atoms with Crippen molar-refractivity contribution in [2.45, 2.75) is 31.9 Å². The molecule has 1 saturated heterocycles. The number of amidine groups is 1. The number of piperidine rings is 1. The SMILES string of the molecule is COC1(C)CCCN(Cc2ccc(C(=N)N)cc2F)C1. The van der Waals surface area contributed by atoms with Gasteiger partial charge in [-0.25, -0.2) is 4.39 Å². The molecule has 1 atom stereocenters. The van der Waals surface area contributed by atoms with Crippen LogP contribution in [0, 0.1) is 11.2 Å². The number of nitrogens with one attached hydrogen (secondary N) is 1. The fourth-order valence-electron chi connectivity index (χ4n) is 2.69. The largest absolute Gasteiger partial charge is 0.384 e. The minimum absolute atomic E-state index is 0.111. The van der Waals surface area contributed by atoms with E-state index in [0.29, 0.717) is 17.7 Å². The lowest BCUT2D eigenvalue weighted by molar-refractivity contribution is -0.0528. The highest BCUT2D eigenvalue weighted by atomic mass is 19.1. The van der Waals surface area contributed by atoms with Crippen molar-refractivity contribution in [3.63, 3.8) is 0 Å². The van der Waals surface area contributed by atoms with Crippen LogP contribution in [0.1, 0.15) is 30.9 Å². The Labute approximate surface area is 119 Å². The number of ether oxygens (including phenoxy) is 1. The van der Waals surface area contributed by atoms with E-state index in [-0.39, 0.29) is 17.3 Å². The standard InChI is InChI=1S/C15H22FN3O/c1-15(20-2)6-3-7-19(10-15)9-12-5-4-11(14(17)18)8-13(12)16/h4-5,8H,3,6-7,9-10H2,1-2H3,(H3,17,18). The predicted molar refractivity (Wildman–Crippen MR) is 77.3 cm³/mol. The Hall–Kier alpha value is -1.46. The molecule has 0 radical (unpaired) electrons. The molecule has 0 saturated carbocycles. The summed E-state index contributed by atoms with van der Waals surface area (Å²) < 4.78 is 19.6. The van der Waals surface area contributed by atoms with Crippen LogP contribution in [0.3, 0.4) is 0 Å². The third kappa shape index (κ3) is 3.35. The lowest BCUT2D eigenvalue weighted by Gasteiger charge is -2.39. The first-order valence-electron chi connectivity index (χ1n) is 6.84. The van der Waals surface area contributed by atoms with Gasteiger partial charge in [0.2, 0.25) is 0 Å². The number of halogens is 1. The molecule has 1 fully saturated rings. The molecule has 1 heterocycles. The first kappa shape index (κ1) is 14.9. The lowest BCUT2D eigenvalue weighted by Crippen LogP contribution is -2.46. The molecule has 1 aliphatic rings. The van der Waals surface area contributed by atoms with Crippen molar-refractivity contribution in [2.24, 2.45) is 5.73 Å². The highest BCUT2D eigenvalue weighted by Crippen LogP contribution is 2.25. The second-order valence-electron chi connectivity index (χ2n) is 5.69. The highest BCUT2D eigenvalue weighted by Gasteiger charge is 2.30. The molecular weight excluding hydrogens is 257 g/mol. The number of nitrogen functional groups attached to an aromatic ring is 1. The first-order valence-corrected chi connectivity index (χ1v) is 6.84. The molecule has 0 bridgehead atoms. The Bertz CT molecular complexity index is 506. The van der Waals surface area contributed by atoms with Gasteiger partial charge >= 0.3 is 0 Å². The molecule has 110 valence electrons. The highest BCUT2D eigenvalue weighted by molar-refractivity contribution is 5.94. The van der Waals surface area contributed by atoms with Crippen LogP contribution in [0.25, 0.3) is 0 Å². The molecule has 2 rings (SSSR count). The summed E-state index contributed by atoms with van der Waals surface area (Å²) in [6.07, 6.45) is 2.09. The number of nitrogens with two attached hydrogens (primary N) is 1. The van der Waals surface area contributed by atoms with Crippen LogP contribution in [0.15, 0.2) is 18.2 Å².